The molecule has 1 aliphatic heterocycles. The minimum atomic E-state index is -5.74. The SMILES string of the molecule is CC1(Cl)[C@@H](O)[C@@H](COP(=O)(O)OP(=O)(O)OP(=O)(O)O)O[C@H]1n1cc(F)c(=O)[nH]c1=S. The van der Waals surface area contributed by atoms with Gasteiger partial charge in [-0.2, -0.15) is 13.0 Å². The van der Waals surface area contributed by atoms with Crippen LogP contribution in [-0.4, -0.2) is 57.9 Å². The molecular formula is C10H15ClFN2O13P3S. The maximum Gasteiger partial charge on any atom is 0.490 e. The molecular weight excluding hydrogens is 536 g/mol. The topological polar surface area (TPSA) is 227 Å². The summed E-state index contributed by atoms with van der Waals surface area (Å²) >= 11 is 11.1. The quantitative estimate of drug-likeness (QED) is 0.148. The maximum absolute atomic E-state index is 13.6. The molecule has 0 spiro atoms. The first-order chi connectivity index (χ1) is 13.8. The lowest BCUT2D eigenvalue weighted by atomic mass is 10.0. The Labute approximate surface area is 181 Å². The summed E-state index contributed by atoms with van der Waals surface area (Å²) in [6, 6.07) is 0. The van der Waals surface area contributed by atoms with Crippen LogP contribution in [0.25, 0.3) is 0 Å². The number of hydrogen-bond acceptors (Lipinski definition) is 10. The highest BCUT2D eigenvalue weighted by atomic mass is 35.5. The van der Waals surface area contributed by atoms with Crippen molar-refractivity contribution in [3.8, 4) is 0 Å². The number of hydrogen-bond donors (Lipinski definition) is 6. The van der Waals surface area contributed by atoms with Gasteiger partial charge < -0.3 is 29.4 Å². The molecule has 2 heterocycles. The highest BCUT2D eigenvalue weighted by Crippen LogP contribution is 2.66. The Kier molecular flexibility index (Phi) is 7.92. The highest BCUT2D eigenvalue weighted by molar-refractivity contribution is 7.71. The predicted octanol–water partition coefficient (Wildman–Crippen LogP) is 0.644. The van der Waals surface area contributed by atoms with Crippen LogP contribution in [0, 0.1) is 10.6 Å². The van der Waals surface area contributed by atoms with Crippen LogP contribution in [0.4, 0.5) is 4.39 Å². The fourth-order valence-electron chi connectivity index (χ4n) is 2.46. The molecule has 31 heavy (non-hydrogen) atoms. The minimum Gasteiger partial charge on any atom is -0.388 e. The van der Waals surface area contributed by atoms with Gasteiger partial charge in [0, 0.05) is 0 Å². The second-order valence-electron chi connectivity index (χ2n) is 6.15. The van der Waals surface area contributed by atoms with E-state index in [0.717, 1.165) is 4.57 Å². The van der Waals surface area contributed by atoms with Gasteiger partial charge in [-0.15, -0.1) is 11.6 Å². The smallest absolute Gasteiger partial charge is 0.388 e. The van der Waals surface area contributed by atoms with Crippen LogP contribution in [0.2, 0.25) is 0 Å². The number of aromatic nitrogens is 2. The van der Waals surface area contributed by atoms with E-state index in [0.29, 0.717) is 6.20 Å². The van der Waals surface area contributed by atoms with E-state index >= 15 is 0 Å². The molecule has 3 unspecified atom stereocenters. The molecule has 1 aromatic rings. The summed E-state index contributed by atoms with van der Waals surface area (Å²) in [7, 11) is -16.8. The second kappa shape index (κ2) is 9.12. The number of ether oxygens (including phenoxy) is 1. The van der Waals surface area contributed by atoms with Crippen LogP contribution < -0.4 is 5.56 Å². The molecule has 0 saturated carbocycles. The fourth-order valence-corrected chi connectivity index (χ4v) is 6.02. The van der Waals surface area contributed by atoms with Gasteiger partial charge >= 0.3 is 23.5 Å². The van der Waals surface area contributed by atoms with Gasteiger partial charge in [0.2, 0.25) is 5.82 Å². The molecule has 15 nitrogen and oxygen atoms in total. The number of alkyl halides is 1. The van der Waals surface area contributed by atoms with Crippen molar-refractivity contribution in [1.29, 1.82) is 0 Å². The van der Waals surface area contributed by atoms with Gasteiger partial charge in [-0.05, 0) is 19.1 Å². The molecule has 1 aromatic heterocycles. The van der Waals surface area contributed by atoms with Crippen LogP contribution in [0.5, 0.6) is 0 Å². The standard InChI is InChI=1S/C10H15ClFN2O13P3S/c1-10(11)6(15)5(25-8(10)14-2-4(12)7(16)13-9(14)31)3-24-29(20,21)27-30(22,23)26-28(17,18)19/h2,5-6,8,15H,3H2,1H3,(H,20,21)(H,22,23)(H,13,16,31)(H2,17,18,19)/t5-,6+,8-,10?/m1/s1. The van der Waals surface area contributed by atoms with Gasteiger partial charge in [-0.1, -0.05) is 0 Å². The third-order valence-electron chi connectivity index (χ3n) is 3.71. The van der Waals surface area contributed by atoms with E-state index in [9.17, 15) is 32.9 Å². The van der Waals surface area contributed by atoms with Crippen molar-refractivity contribution in [3.63, 3.8) is 0 Å². The number of halogens is 2. The average Bonchev–Trinajstić information content (AvgIpc) is 2.76. The van der Waals surface area contributed by atoms with Gasteiger partial charge in [0.05, 0.1) is 12.8 Å². The first kappa shape index (κ1) is 26.9. The average molecular weight is 551 g/mol. The minimum absolute atomic E-state index is 0.330. The van der Waals surface area contributed by atoms with Crippen molar-refractivity contribution in [2.24, 2.45) is 0 Å². The summed E-state index contributed by atoms with van der Waals surface area (Å²) < 4.78 is 64.8. The summed E-state index contributed by atoms with van der Waals surface area (Å²) in [6.07, 6.45) is -3.95. The van der Waals surface area contributed by atoms with Crippen molar-refractivity contribution in [1.82, 2.24) is 9.55 Å². The van der Waals surface area contributed by atoms with E-state index in [-0.39, 0.29) is 4.77 Å². The zero-order chi connectivity index (χ0) is 24.0. The van der Waals surface area contributed by atoms with Gasteiger partial charge in [-0.25, -0.2) is 13.7 Å². The Morgan fingerprint density at radius 1 is 1.29 bits per heavy atom. The normalized spacial score (nSPS) is 30.6. The first-order valence-corrected chi connectivity index (χ1v) is 13.0. The summed E-state index contributed by atoms with van der Waals surface area (Å²) in [5, 5.41) is 10.4. The summed E-state index contributed by atoms with van der Waals surface area (Å²) in [5.41, 5.74) is -1.12. The number of nitrogens with zero attached hydrogens (tertiary/aromatic N) is 1. The Morgan fingerprint density at radius 2 is 1.87 bits per heavy atom. The number of H-pyrrole nitrogens is 1. The van der Waals surface area contributed by atoms with Crippen molar-refractivity contribution in [2.75, 3.05) is 6.61 Å². The van der Waals surface area contributed by atoms with Crippen molar-refractivity contribution >= 4 is 47.3 Å². The first-order valence-electron chi connectivity index (χ1n) is 7.66. The monoisotopic (exact) mass is 550 g/mol. The molecule has 0 aromatic carbocycles. The Bertz CT molecular complexity index is 1100. The Morgan fingerprint density at radius 3 is 2.42 bits per heavy atom. The van der Waals surface area contributed by atoms with Crippen molar-refractivity contribution < 1.29 is 60.6 Å². The molecule has 0 radical (unpaired) electrons. The summed E-state index contributed by atoms with van der Waals surface area (Å²) in [4.78, 5) is 47.1. The number of rotatable bonds is 8. The predicted molar refractivity (Wildman–Crippen MR) is 99.8 cm³/mol. The van der Waals surface area contributed by atoms with E-state index in [2.05, 4.69) is 13.1 Å². The lowest BCUT2D eigenvalue weighted by Crippen LogP contribution is -2.40. The largest absolute Gasteiger partial charge is 0.490 e. The maximum atomic E-state index is 13.6. The lowest BCUT2D eigenvalue weighted by molar-refractivity contribution is -0.0457. The summed E-state index contributed by atoms with van der Waals surface area (Å²) in [5.74, 6) is -1.25. The number of phosphoric ester groups is 1. The van der Waals surface area contributed by atoms with E-state index in [1.165, 1.54) is 6.92 Å². The van der Waals surface area contributed by atoms with Crippen LogP contribution in [0.3, 0.4) is 0 Å². The number of aliphatic hydroxyl groups excluding tert-OH is 1. The van der Waals surface area contributed by atoms with Crippen LogP contribution in [0.1, 0.15) is 13.2 Å². The Balaban J connectivity index is 2.17. The molecule has 6 atom stereocenters. The fraction of sp³-hybridized carbons (Fsp3) is 0.600. The molecule has 21 heteroatoms. The second-order valence-corrected chi connectivity index (χ2v) is 11.8. The number of phosphoric acid groups is 3. The lowest BCUT2D eigenvalue weighted by Gasteiger charge is -2.27. The zero-order valence-electron chi connectivity index (χ0n) is 15.0. The highest BCUT2D eigenvalue weighted by Gasteiger charge is 2.54. The van der Waals surface area contributed by atoms with Crippen LogP contribution in [0.15, 0.2) is 11.0 Å². The van der Waals surface area contributed by atoms with Gasteiger partial charge in [-0.3, -0.25) is 18.9 Å². The third kappa shape index (κ3) is 6.82. The molecule has 2 rings (SSSR count). The van der Waals surface area contributed by atoms with Gasteiger partial charge in [0.25, 0.3) is 5.56 Å². The van der Waals surface area contributed by atoms with E-state index in [1.807, 2.05) is 4.98 Å². The molecule has 0 aliphatic carbocycles. The third-order valence-corrected chi connectivity index (χ3v) is 8.24. The van der Waals surface area contributed by atoms with Crippen molar-refractivity contribution in [3.05, 3.63) is 27.1 Å². The van der Waals surface area contributed by atoms with Crippen LogP contribution >= 0.6 is 47.3 Å². The number of aliphatic hydroxyl groups is 1. The number of aromatic amines is 1. The Hall–Kier alpha value is -0.350. The summed E-state index contributed by atoms with van der Waals surface area (Å²) in [6.45, 7) is 0.225. The molecule has 1 fully saturated rings. The van der Waals surface area contributed by atoms with Gasteiger partial charge in [0.15, 0.2) is 11.0 Å². The zero-order valence-corrected chi connectivity index (χ0v) is 19.2. The van der Waals surface area contributed by atoms with Crippen LogP contribution in [-0.2, 0) is 31.6 Å². The van der Waals surface area contributed by atoms with Gasteiger partial charge in [0.1, 0.15) is 17.1 Å². The van der Waals surface area contributed by atoms with E-state index in [1.54, 1.807) is 0 Å². The molecule has 1 aliphatic rings. The molecule has 0 bridgehead atoms. The van der Waals surface area contributed by atoms with E-state index < -0.39 is 64.8 Å². The van der Waals surface area contributed by atoms with E-state index in [4.69, 9.17) is 43.2 Å². The molecule has 6 N–H and O–H groups in total. The van der Waals surface area contributed by atoms with Crippen molar-refractivity contribution in [2.45, 2.75) is 30.2 Å². The molecule has 178 valence electrons. The number of nitrogens with one attached hydrogen (secondary N) is 1. The molecule has 0 amide bonds. The molecule has 1 saturated heterocycles.